The number of amides is 2. The predicted molar refractivity (Wildman–Crippen MR) is 101 cm³/mol. The van der Waals surface area contributed by atoms with Crippen LogP contribution in [0.1, 0.15) is 42.5 Å². The van der Waals surface area contributed by atoms with Gasteiger partial charge >= 0.3 is 0 Å². The zero-order valence-corrected chi connectivity index (χ0v) is 15.7. The minimum atomic E-state index is -0.542. The lowest BCUT2D eigenvalue weighted by atomic mass is 9.95. The van der Waals surface area contributed by atoms with E-state index in [0.29, 0.717) is 29.0 Å². The highest BCUT2D eigenvalue weighted by molar-refractivity contribution is 6.33. The van der Waals surface area contributed by atoms with Crippen molar-refractivity contribution in [2.75, 3.05) is 37.6 Å². The molecule has 3 rings (SSSR count). The Hall–Kier alpha value is -1.86. The number of primary amides is 1. The third-order valence-corrected chi connectivity index (χ3v) is 5.39. The average Bonchev–Trinajstić information content (AvgIpc) is 2.63. The number of carbonyl (C=O) groups excluding carboxylic acids is 2. The van der Waals surface area contributed by atoms with Gasteiger partial charge in [-0.05, 0) is 18.9 Å². The summed E-state index contributed by atoms with van der Waals surface area (Å²) in [6.45, 7) is 3.45. The van der Waals surface area contributed by atoms with Crippen molar-refractivity contribution in [2.45, 2.75) is 38.1 Å². The number of rotatable bonds is 5. The lowest BCUT2D eigenvalue weighted by Gasteiger charge is -2.35. The first-order valence-corrected chi connectivity index (χ1v) is 9.63. The Kier molecular flexibility index (Phi) is 6.32. The first-order valence-electron chi connectivity index (χ1n) is 9.25. The molecule has 0 radical (unpaired) electrons. The van der Waals surface area contributed by atoms with Crippen LogP contribution in [0.5, 0.6) is 0 Å². The maximum Gasteiger partial charge on any atom is 0.250 e. The Morgan fingerprint density at radius 3 is 2.50 bits per heavy atom. The minimum Gasteiger partial charge on any atom is -0.366 e. The first-order chi connectivity index (χ1) is 12.5. The Bertz CT molecular complexity index is 655. The van der Waals surface area contributed by atoms with Crippen LogP contribution in [0, 0.1) is 0 Å². The van der Waals surface area contributed by atoms with Crippen molar-refractivity contribution in [2.24, 2.45) is 5.73 Å². The third-order valence-electron chi connectivity index (χ3n) is 5.12. The SMILES string of the molecule is NC(=O)c1cnc(N2CCN(CC(=O)NC3CCCCC3)CC2)c(Cl)c1. The first kappa shape index (κ1) is 18.9. The van der Waals surface area contributed by atoms with E-state index >= 15 is 0 Å². The Morgan fingerprint density at radius 1 is 1.19 bits per heavy atom. The van der Waals surface area contributed by atoms with Crippen molar-refractivity contribution < 1.29 is 9.59 Å². The summed E-state index contributed by atoms with van der Waals surface area (Å²) < 4.78 is 0. The number of hydrogen-bond donors (Lipinski definition) is 2. The largest absolute Gasteiger partial charge is 0.366 e. The van der Waals surface area contributed by atoms with Gasteiger partial charge in [0.05, 0.1) is 17.1 Å². The second-order valence-corrected chi connectivity index (χ2v) is 7.47. The molecule has 2 amide bonds. The van der Waals surface area contributed by atoms with E-state index in [1.807, 2.05) is 0 Å². The molecule has 7 nitrogen and oxygen atoms in total. The molecule has 26 heavy (non-hydrogen) atoms. The second-order valence-electron chi connectivity index (χ2n) is 7.06. The predicted octanol–water partition coefficient (Wildman–Crippen LogP) is 1.40. The summed E-state index contributed by atoms with van der Waals surface area (Å²) in [5, 5.41) is 3.58. The summed E-state index contributed by atoms with van der Waals surface area (Å²) in [6, 6.07) is 1.90. The lowest BCUT2D eigenvalue weighted by molar-refractivity contribution is -0.123. The molecule has 0 atom stereocenters. The third kappa shape index (κ3) is 4.86. The molecule has 0 bridgehead atoms. The van der Waals surface area contributed by atoms with E-state index in [1.165, 1.54) is 25.5 Å². The van der Waals surface area contributed by atoms with Gasteiger partial charge in [-0.2, -0.15) is 0 Å². The van der Waals surface area contributed by atoms with E-state index in [1.54, 1.807) is 6.07 Å². The summed E-state index contributed by atoms with van der Waals surface area (Å²) in [6.07, 6.45) is 7.37. The van der Waals surface area contributed by atoms with E-state index in [4.69, 9.17) is 17.3 Å². The van der Waals surface area contributed by atoms with Gasteiger partial charge in [-0.15, -0.1) is 0 Å². The topological polar surface area (TPSA) is 91.6 Å². The number of piperazine rings is 1. The fourth-order valence-corrected chi connectivity index (χ4v) is 3.93. The minimum absolute atomic E-state index is 0.118. The van der Waals surface area contributed by atoms with Crippen LogP contribution in [0.3, 0.4) is 0 Å². The molecule has 1 aliphatic carbocycles. The highest BCUT2D eigenvalue weighted by Crippen LogP contribution is 2.25. The van der Waals surface area contributed by atoms with Gasteiger partial charge in [0.1, 0.15) is 5.82 Å². The molecule has 2 aliphatic rings. The van der Waals surface area contributed by atoms with Gasteiger partial charge in [-0.1, -0.05) is 30.9 Å². The standard InChI is InChI=1S/C18H26ClN5O2/c19-15-10-13(17(20)26)11-21-18(15)24-8-6-23(7-9-24)12-16(25)22-14-4-2-1-3-5-14/h10-11,14H,1-9,12H2,(H2,20,26)(H,22,25). The molecule has 2 fully saturated rings. The highest BCUT2D eigenvalue weighted by atomic mass is 35.5. The molecule has 1 aliphatic heterocycles. The van der Waals surface area contributed by atoms with Crippen LogP contribution in [-0.2, 0) is 4.79 Å². The van der Waals surface area contributed by atoms with Gasteiger partial charge < -0.3 is 16.0 Å². The molecule has 0 spiro atoms. The fraction of sp³-hybridized carbons (Fsp3) is 0.611. The fourth-order valence-electron chi connectivity index (χ4n) is 3.64. The maximum absolute atomic E-state index is 12.2. The maximum atomic E-state index is 12.2. The molecule has 142 valence electrons. The van der Waals surface area contributed by atoms with Crippen LogP contribution >= 0.6 is 11.6 Å². The lowest BCUT2D eigenvalue weighted by Crippen LogP contribution is -2.51. The monoisotopic (exact) mass is 379 g/mol. The number of nitrogens with one attached hydrogen (secondary N) is 1. The van der Waals surface area contributed by atoms with E-state index in [-0.39, 0.29) is 5.91 Å². The average molecular weight is 380 g/mol. The molecule has 1 aromatic heterocycles. The number of carbonyl (C=O) groups is 2. The zero-order chi connectivity index (χ0) is 18.5. The number of pyridine rings is 1. The molecule has 2 heterocycles. The summed E-state index contributed by atoms with van der Waals surface area (Å²) in [4.78, 5) is 31.9. The summed E-state index contributed by atoms with van der Waals surface area (Å²) in [5.74, 6) is 0.232. The van der Waals surface area contributed by atoms with E-state index in [9.17, 15) is 9.59 Å². The van der Waals surface area contributed by atoms with Gasteiger partial charge in [-0.25, -0.2) is 4.98 Å². The van der Waals surface area contributed by atoms with E-state index in [0.717, 1.165) is 39.0 Å². The van der Waals surface area contributed by atoms with Gasteiger partial charge in [0.25, 0.3) is 0 Å². The Balaban J connectivity index is 1.48. The molecule has 1 saturated carbocycles. The molecule has 0 aromatic carbocycles. The van der Waals surface area contributed by atoms with Crippen molar-refractivity contribution in [1.29, 1.82) is 0 Å². The molecule has 3 N–H and O–H groups in total. The summed E-state index contributed by atoms with van der Waals surface area (Å²) >= 11 is 6.25. The van der Waals surface area contributed by atoms with Gasteiger partial charge in [0.15, 0.2) is 0 Å². The normalized spacial score (nSPS) is 19.3. The molecule has 0 unspecified atom stereocenters. The van der Waals surface area contributed by atoms with Crippen LogP contribution in [-0.4, -0.2) is 60.5 Å². The number of hydrogen-bond acceptors (Lipinski definition) is 5. The van der Waals surface area contributed by atoms with Crippen LogP contribution in [0.2, 0.25) is 5.02 Å². The van der Waals surface area contributed by atoms with Crippen molar-refractivity contribution in [1.82, 2.24) is 15.2 Å². The van der Waals surface area contributed by atoms with Crippen molar-refractivity contribution in [3.05, 3.63) is 22.8 Å². The molecule has 1 aromatic rings. The van der Waals surface area contributed by atoms with Crippen molar-refractivity contribution >= 4 is 29.2 Å². The van der Waals surface area contributed by atoms with Crippen LogP contribution in [0.15, 0.2) is 12.3 Å². The number of nitrogens with two attached hydrogens (primary N) is 1. The highest BCUT2D eigenvalue weighted by Gasteiger charge is 2.23. The summed E-state index contributed by atoms with van der Waals surface area (Å²) in [5.41, 5.74) is 5.55. The molecule has 8 heteroatoms. The summed E-state index contributed by atoms with van der Waals surface area (Å²) in [7, 11) is 0. The zero-order valence-electron chi connectivity index (χ0n) is 14.9. The number of nitrogens with zero attached hydrogens (tertiary/aromatic N) is 3. The Labute approximate surface area is 158 Å². The number of anilines is 1. The number of aromatic nitrogens is 1. The molecular formula is C18H26ClN5O2. The van der Waals surface area contributed by atoms with Crippen molar-refractivity contribution in [3.63, 3.8) is 0 Å². The van der Waals surface area contributed by atoms with Crippen LogP contribution in [0.4, 0.5) is 5.82 Å². The van der Waals surface area contributed by atoms with E-state index < -0.39 is 5.91 Å². The quantitative estimate of drug-likeness (QED) is 0.807. The van der Waals surface area contributed by atoms with Crippen LogP contribution in [0.25, 0.3) is 0 Å². The van der Waals surface area contributed by atoms with Crippen LogP contribution < -0.4 is 16.0 Å². The van der Waals surface area contributed by atoms with Gasteiger partial charge in [0, 0.05) is 38.4 Å². The van der Waals surface area contributed by atoms with Gasteiger partial charge in [-0.3, -0.25) is 14.5 Å². The molecular weight excluding hydrogens is 354 g/mol. The Morgan fingerprint density at radius 2 is 1.88 bits per heavy atom. The van der Waals surface area contributed by atoms with Gasteiger partial charge in [0.2, 0.25) is 11.8 Å². The van der Waals surface area contributed by atoms with E-state index in [2.05, 4.69) is 20.1 Å². The smallest absolute Gasteiger partial charge is 0.250 e. The second kappa shape index (κ2) is 8.68. The number of halogens is 1. The van der Waals surface area contributed by atoms with Crippen molar-refractivity contribution in [3.8, 4) is 0 Å². The molecule has 1 saturated heterocycles.